The normalized spacial score (nSPS) is 10.3. The zero-order valence-electron chi connectivity index (χ0n) is 15.7. The number of carbonyl (C=O) groups is 2. The van der Waals surface area contributed by atoms with Crippen molar-refractivity contribution in [2.45, 2.75) is 26.3 Å². The maximum atomic E-state index is 12.2. The number of hydrogen-bond donors (Lipinski definition) is 1. The van der Waals surface area contributed by atoms with Crippen molar-refractivity contribution in [1.82, 2.24) is 10.2 Å². The smallest absolute Gasteiger partial charge is 0.251 e. The molecule has 0 aliphatic rings. The van der Waals surface area contributed by atoms with E-state index in [1.807, 2.05) is 12.1 Å². The molecule has 0 aliphatic carbocycles. The van der Waals surface area contributed by atoms with Gasteiger partial charge >= 0.3 is 0 Å². The first kappa shape index (κ1) is 20.8. The van der Waals surface area contributed by atoms with Crippen LogP contribution < -0.4 is 10.1 Å². The van der Waals surface area contributed by atoms with Crippen LogP contribution in [0.4, 0.5) is 0 Å². The fourth-order valence-electron chi connectivity index (χ4n) is 2.38. The van der Waals surface area contributed by atoms with Gasteiger partial charge in [-0.15, -0.1) is 0 Å². The molecular weight excluding hydrogens is 364 g/mol. The quantitative estimate of drug-likeness (QED) is 0.662. The molecule has 0 atom stereocenters. The number of carbonyl (C=O) groups excluding carboxylic acids is 2. The minimum absolute atomic E-state index is 0.0579. The number of rotatable bonds is 9. The fourth-order valence-corrected chi connectivity index (χ4v) is 2.51. The summed E-state index contributed by atoms with van der Waals surface area (Å²) in [5, 5.41) is 3.31. The summed E-state index contributed by atoms with van der Waals surface area (Å²) in [5.41, 5.74) is 1.46. The van der Waals surface area contributed by atoms with E-state index in [0.717, 1.165) is 24.2 Å². The van der Waals surface area contributed by atoms with Crippen LogP contribution in [0, 0.1) is 0 Å². The second kappa shape index (κ2) is 10.6. The summed E-state index contributed by atoms with van der Waals surface area (Å²) in [7, 11) is 1.70. The molecule has 2 aromatic rings. The highest BCUT2D eigenvalue weighted by Gasteiger charge is 2.12. The average Bonchev–Trinajstić information content (AvgIpc) is 2.68. The predicted octanol–water partition coefficient (Wildman–Crippen LogP) is 3.91. The lowest BCUT2D eigenvalue weighted by Gasteiger charge is -2.17. The second-order valence-electron chi connectivity index (χ2n) is 6.29. The summed E-state index contributed by atoms with van der Waals surface area (Å²) in [6.45, 7) is 3.16. The Hall–Kier alpha value is -2.53. The van der Waals surface area contributed by atoms with E-state index >= 15 is 0 Å². The van der Waals surface area contributed by atoms with E-state index in [0.29, 0.717) is 23.7 Å². The van der Waals surface area contributed by atoms with Crippen molar-refractivity contribution >= 4 is 23.4 Å². The van der Waals surface area contributed by atoms with Gasteiger partial charge in [0, 0.05) is 24.2 Å². The van der Waals surface area contributed by atoms with Crippen LogP contribution in [0.1, 0.15) is 35.7 Å². The number of ether oxygens (including phenoxy) is 1. The molecular formula is C21H25ClN2O3. The third kappa shape index (κ3) is 6.94. The Bertz CT molecular complexity index is 745. The molecule has 6 heteroatoms. The molecule has 27 heavy (non-hydrogen) atoms. The topological polar surface area (TPSA) is 58.6 Å². The molecule has 0 aromatic heterocycles. The highest BCUT2D eigenvalue weighted by Crippen LogP contribution is 2.13. The lowest BCUT2D eigenvalue weighted by Crippen LogP contribution is -2.37. The van der Waals surface area contributed by atoms with Gasteiger partial charge in [0.15, 0.2) is 0 Å². The van der Waals surface area contributed by atoms with E-state index in [-0.39, 0.29) is 18.4 Å². The molecule has 0 heterocycles. The average molecular weight is 389 g/mol. The van der Waals surface area contributed by atoms with E-state index in [1.165, 1.54) is 0 Å². The monoisotopic (exact) mass is 388 g/mol. The zero-order valence-corrected chi connectivity index (χ0v) is 16.5. The Morgan fingerprint density at radius 3 is 2.37 bits per heavy atom. The zero-order chi connectivity index (χ0) is 19.6. The first-order chi connectivity index (χ1) is 13.0. The number of unbranched alkanes of at least 4 members (excludes halogenated alkanes) is 1. The second-order valence-corrected chi connectivity index (χ2v) is 6.72. The molecule has 0 saturated heterocycles. The van der Waals surface area contributed by atoms with Gasteiger partial charge in [-0.2, -0.15) is 0 Å². The van der Waals surface area contributed by atoms with Gasteiger partial charge in [0.05, 0.1) is 13.2 Å². The summed E-state index contributed by atoms with van der Waals surface area (Å²) in [5.74, 6) is 0.278. The molecule has 1 N–H and O–H groups in total. The molecule has 5 nitrogen and oxygen atoms in total. The Balaban J connectivity index is 1.79. The van der Waals surface area contributed by atoms with Crippen LogP contribution in [0.2, 0.25) is 5.02 Å². The fraction of sp³-hybridized carbons (Fsp3) is 0.333. The SMILES string of the molecule is CCCCOc1ccc(C(=O)NCC(=O)N(C)Cc2ccc(Cl)cc2)cc1. The third-order valence-corrected chi connectivity index (χ3v) is 4.29. The summed E-state index contributed by atoms with van der Waals surface area (Å²) in [6.07, 6.45) is 2.06. The maximum absolute atomic E-state index is 12.2. The van der Waals surface area contributed by atoms with Crippen LogP contribution in [-0.2, 0) is 11.3 Å². The molecule has 0 fully saturated rings. The molecule has 0 bridgehead atoms. The van der Waals surface area contributed by atoms with Gasteiger partial charge < -0.3 is 15.0 Å². The van der Waals surface area contributed by atoms with Crippen molar-refractivity contribution in [3.05, 3.63) is 64.7 Å². The van der Waals surface area contributed by atoms with Crippen molar-refractivity contribution in [2.75, 3.05) is 20.2 Å². The highest BCUT2D eigenvalue weighted by atomic mass is 35.5. The number of halogens is 1. The van der Waals surface area contributed by atoms with Crippen molar-refractivity contribution in [2.24, 2.45) is 0 Å². The molecule has 2 amide bonds. The van der Waals surface area contributed by atoms with Crippen molar-refractivity contribution < 1.29 is 14.3 Å². The summed E-state index contributed by atoms with van der Waals surface area (Å²) in [4.78, 5) is 26.0. The third-order valence-electron chi connectivity index (χ3n) is 4.04. The summed E-state index contributed by atoms with van der Waals surface area (Å²) in [6, 6.07) is 14.2. The Morgan fingerprint density at radius 2 is 1.74 bits per heavy atom. The number of nitrogens with one attached hydrogen (secondary N) is 1. The summed E-state index contributed by atoms with van der Waals surface area (Å²) < 4.78 is 5.57. The molecule has 0 spiro atoms. The standard InChI is InChI=1S/C21H25ClN2O3/c1-3-4-13-27-19-11-7-17(8-12-19)21(26)23-14-20(25)24(2)15-16-5-9-18(22)10-6-16/h5-12H,3-4,13-15H2,1-2H3,(H,23,26). The Labute approximate surface area is 165 Å². The van der Waals surface area contributed by atoms with E-state index in [4.69, 9.17) is 16.3 Å². The lowest BCUT2D eigenvalue weighted by molar-refractivity contribution is -0.129. The van der Waals surface area contributed by atoms with E-state index in [1.54, 1.807) is 48.3 Å². The minimum atomic E-state index is -0.289. The van der Waals surface area contributed by atoms with Gasteiger partial charge in [-0.3, -0.25) is 9.59 Å². The number of hydrogen-bond acceptors (Lipinski definition) is 3. The van der Waals surface area contributed by atoms with Crippen LogP contribution in [0.25, 0.3) is 0 Å². The largest absolute Gasteiger partial charge is 0.494 e. The summed E-state index contributed by atoms with van der Waals surface area (Å²) >= 11 is 5.86. The van der Waals surface area contributed by atoms with Crippen LogP contribution in [0.3, 0.4) is 0 Å². The Kier molecular flexibility index (Phi) is 8.14. The molecule has 2 aromatic carbocycles. The van der Waals surface area contributed by atoms with Crippen molar-refractivity contribution in [1.29, 1.82) is 0 Å². The molecule has 0 unspecified atom stereocenters. The first-order valence-corrected chi connectivity index (χ1v) is 9.37. The van der Waals surface area contributed by atoms with Gasteiger partial charge in [-0.1, -0.05) is 37.1 Å². The van der Waals surface area contributed by atoms with Crippen LogP contribution in [-0.4, -0.2) is 36.9 Å². The van der Waals surface area contributed by atoms with Gasteiger partial charge in [-0.05, 0) is 48.4 Å². The minimum Gasteiger partial charge on any atom is -0.494 e. The van der Waals surface area contributed by atoms with E-state index < -0.39 is 0 Å². The number of likely N-dealkylation sites (N-methyl/N-ethyl adjacent to an activating group) is 1. The van der Waals surface area contributed by atoms with E-state index in [2.05, 4.69) is 12.2 Å². The molecule has 0 aliphatic heterocycles. The van der Waals surface area contributed by atoms with Crippen LogP contribution >= 0.6 is 11.6 Å². The number of nitrogens with zero attached hydrogens (tertiary/aromatic N) is 1. The molecule has 0 saturated carbocycles. The number of benzene rings is 2. The molecule has 144 valence electrons. The molecule has 0 radical (unpaired) electrons. The van der Waals surface area contributed by atoms with Crippen molar-refractivity contribution in [3.8, 4) is 5.75 Å². The predicted molar refractivity (Wildman–Crippen MR) is 107 cm³/mol. The highest BCUT2D eigenvalue weighted by molar-refractivity contribution is 6.30. The Morgan fingerprint density at radius 1 is 1.07 bits per heavy atom. The lowest BCUT2D eigenvalue weighted by atomic mass is 10.2. The number of amides is 2. The van der Waals surface area contributed by atoms with Gasteiger partial charge in [0.2, 0.25) is 5.91 Å². The van der Waals surface area contributed by atoms with Crippen molar-refractivity contribution in [3.63, 3.8) is 0 Å². The first-order valence-electron chi connectivity index (χ1n) is 8.99. The van der Waals surface area contributed by atoms with E-state index in [9.17, 15) is 9.59 Å². The van der Waals surface area contributed by atoms with Crippen LogP contribution in [0.15, 0.2) is 48.5 Å². The molecule has 2 rings (SSSR count). The van der Waals surface area contributed by atoms with Gasteiger partial charge in [0.1, 0.15) is 5.75 Å². The van der Waals surface area contributed by atoms with Gasteiger partial charge in [0.25, 0.3) is 5.91 Å². The van der Waals surface area contributed by atoms with Gasteiger partial charge in [-0.25, -0.2) is 0 Å². The maximum Gasteiger partial charge on any atom is 0.251 e. The van der Waals surface area contributed by atoms with Crippen LogP contribution in [0.5, 0.6) is 5.75 Å².